The fourth-order valence-electron chi connectivity index (χ4n) is 3.76. The van der Waals surface area contributed by atoms with E-state index >= 15 is 0 Å². The van der Waals surface area contributed by atoms with E-state index in [2.05, 4.69) is 56.1 Å². The lowest BCUT2D eigenvalue weighted by atomic mass is 10.1. The van der Waals surface area contributed by atoms with Crippen molar-refractivity contribution in [1.82, 2.24) is 25.5 Å². The van der Waals surface area contributed by atoms with Crippen LogP contribution in [0.1, 0.15) is 17.1 Å². The predicted octanol–water partition coefficient (Wildman–Crippen LogP) is 3.98. The number of aryl methyl sites for hydroxylation is 1. The zero-order valence-corrected chi connectivity index (χ0v) is 17.5. The molecule has 2 aromatic heterocycles. The van der Waals surface area contributed by atoms with E-state index in [1.54, 1.807) is 0 Å². The van der Waals surface area contributed by atoms with Crippen molar-refractivity contribution in [3.05, 3.63) is 71.7 Å². The van der Waals surface area contributed by atoms with Gasteiger partial charge >= 0.3 is 0 Å². The smallest absolute Gasteiger partial charge is 0.154 e. The second-order valence-electron chi connectivity index (χ2n) is 7.67. The average Bonchev–Trinajstić information content (AvgIpc) is 3.23. The van der Waals surface area contributed by atoms with Crippen LogP contribution >= 0.6 is 0 Å². The molecule has 0 atom stereocenters. The molecule has 1 aliphatic rings. The molecule has 0 bridgehead atoms. The number of benzene rings is 2. The first kappa shape index (κ1) is 19.3. The monoisotopic (exact) mass is 411 g/mol. The van der Waals surface area contributed by atoms with Gasteiger partial charge in [0.05, 0.1) is 5.52 Å². The van der Waals surface area contributed by atoms with Gasteiger partial charge in [0, 0.05) is 49.0 Å². The van der Waals surface area contributed by atoms with Gasteiger partial charge in [0.15, 0.2) is 11.6 Å². The summed E-state index contributed by atoms with van der Waals surface area (Å²) < 4.78 is 0. The highest BCUT2D eigenvalue weighted by molar-refractivity contribution is 5.93. The van der Waals surface area contributed by atoms with Crippen LogP contribution in [0.15, 0.2) is 54.6 Å². The van der Waals surface area contributed by atoms with E-state index in [9.17, 15) is 0 Å². The van der Waals surface area contributed by atoms with Crippen LogP contribution in [0.25, 0.3) is 23.1 Å². The molecule has 7 nitrogen and oxygen atoms in total. The fraction of sp³-hybridized carbons (Fsp3) is 0.208. The van der Waals surface area contributed by atoms with Gasteiger partial charge in [-0.05, 0) is 36.8 Å². The van der Waals surface area contributed by atoms with Gasteiger partial charge in [0.1, 0.15) is 5.82 Å². The number of hydrogen-bond acceptors (Lipinski definition) is 6. The molecule has 1 saturated heterocycles. The number of nitrogens with zero attached hydrogens (tertiary/aromatic N) is 4. The van der Waals surface area contributed by atoms with Gasteiger partial charge in [-0.2, -0.15) is 5.10 Å². The molecule has 0 radical (unpaired) electrons. The van der Waals surface area contributed by atoms with Crippen molar-refractivity contribution in [2.24, 2.45) is 0 Å². The Morgan fingerprint density at radius 2 is 1.81 bits per heavy atom. The lowest BCUT2D eigenvalue weighted by Gasteiger charge is -2.29. The van der Waals surface area contributed by atoms with Crippen molar-refractivity contribution in [2.45, 2.75) is 6.92 Å². The van der Waals surface area contributed by atoms with E-state index in [1.165, 1.54) is 5.69 Å². The summed E-state index contributed by atoms with van der Waals surface area (Å²) >= 11 is 0. The number of piperazine rings is 1. The maximum absolute atomic E-state index is 4.84. The van der Waals surface area contributed by atoms with Crippen LogP contribution in [0.4, 0.5) is 17.3 Å². The Labute approximate surface area is 181 Å². The molecule has 2 aromatic carbocycles. The third-order valence-corrected chi connectivity index (χ3v) is 5.36. The fourth-order valence-corrected chi connectivity index (χ4v) is 3.76. The zero-order chi connectivity index (χ0) is 21.0. The maximum atomic E-state index is 4.84. The molecule has 3 heterocycles. The molecule has 0 spiro atoms. The Morgan fingerprint density at radius 1 is 0.968 bits per heavy atom. The highest BCUT2D eigenvalue weighted by Gasteiger charge is 2.14. The average molecular weight is 412 g/mol. The van der Waals surface area contributed by atoms with Crippen molar-refractivity contribution in [3.8, 4) is 0 Å². The molecule has 5 rings (SSSR count). The quantitative estimate of drug-likeness (QED) is 0.461. The summed E-state index contributed by atoms with van der Waals surface area (Å²) in [6.45, 7) is 5.96. The lowest BCUT2D eigenvalue weighted by Crippen LogP contribution is -2.43. The van der Waals surface area contributed by atoms with Crippen LogP contribution in [0, 0.1) is 6.92 Å². The number of hydrogen-bond donors (Lipinski definition) is 3. The predicted molar refractivity (Wildman–Crippen MR) is 127 cm³/mol. The molecule has 31 heavy (non-hydrogen) atoms. The third kappa shape index (κ3) is 4.41. The van der Waals surface area contributed by atoms with E-state index < -0.39 is 0 Å². The molecule has 0 saturated carbocycles. The van der Waals surface area contributed by atoms with E-state index in [0.29, 0.717) is 5.82 Å². The van der Waals surface area contributed by atoms with Crippen molar-refractivity contribution >= 4 is 40.4 Å². The number of H-pyrrole nitrogens is 1. The SMILES string of the molecule is Cc1cc(Nc2nc(/C=C/c3ccccc3)nc3cc(N4CCNCC4)ccc23)n[nH]1. The third-order valence-electron chi connectivity index (χ3n) is 5.36. The Kier molecular flexibility index (Phi) is 5.33. The Morgan fingerprint density at radius 3 is 2.58 bits per heavy atom. The summed E-state index contributed by atoms with van der Waals surface area (Å²) in [4.78, 5) is 12.0. The van der Waals surface area contributed by atoms with Gasteiger partial charge in [0.25, 0.3) is 0 Å². The number of aromatic nitrogens is 4. The van der Waals surface area contributed by atoms with Crippen LogP contribution in [0.5, 0.6) is 0 Å². The highest BCUT2D eigenvalue weighted by atomic mass is 15.2. The maximum Gasteiger partial charge on any atom is 0.154 e. The molecule has 4 aromatic rings. The molecule has 0 amide bonds. The summed E-state index contributed by atoms with van der Waals surface area (Å²) in [5.41, 5.74) is 4.20. The molecule has 1 aliphatic heterocycles. The first-order chi connectivity index (χ1) is 15.2. The van der Waals surface area contributed by atoms with Crippen LogP contribution < -0.4 is 15.5 Å². The largest absolute Gasteiger partial charge is 0.369 e. The van der Waals surface area contributed by atoms with Crippen molar-refractivity contribution < 1.29 is 0 Å². The van der Waals surface area contributed by atoms with Crippen LogP contribution in [-0.4, -0.2) is 46.3 Å². The molecular formula is C24H25N7. The second-order valence-corrected chi connectivity index (χ2v) is 7.67. The second kappa shape index (κ2) is 8.57. The summed E-state index contributed by atoms with van der Waals surface area (Å²) in [6, 6.07) is 18.5. The van der Waals surface area contributed by atoms with E-state index in [4.69, 9.17) is 9.97 Å². The topological polar surface area (TPSA) is 81.8 Å². The Bertz CT molecular complexity index is 1210. The zero-order valence-electron chi connectivity index (χ0n) is 17.5. The van der Waals surface area contributed by atoms with Gasteiger partial charge in [-0.25, -0.2) is 9.97 Å². The first-order valence-electron chi connectivity index (χ1n) is 10.5. The lowest BCUT2D eigenvalue weighted by molar-refractivity contribution is 0.589. The summed E-state index contributed by atoms with van der Waals surface area (Å²) in [7, 11) is 0. The molecule has 3 N–H and O–H groups in total. The highest BCUT2D eigenvalue weighted by Crippen LogP contribution is 2.28. The minimum atomic E-state index is 0.656. The molecule has 7 heteroatoms. The van der Waals surface area contributed by atoms with Crippen molar-refractivity contribution in [3.63, 3.8) is 0 Å². The van der Waals surface area contributed by atoms with Gasteiger partial charge in [-0.3, -0.25) is 5.10 Å². The molecule has 0 unspecified atom stereocenters. The van der Waals surface area contributed by atoms with E-state index in [-0.39, 0.29) is 0 Å². The normalized spacial score (nSPS) is 14.4. The van der Waals surface area contributed by atoms with Crippen LogP contribution in [0.2, 0.25) is 0 Å². The number of aromatic amines is 1. The van der Waals surface area contributed by atoms with Crippen molar-refractivity contribution in [1.29, 1.82) is 0 Å². The van der Waals surface area contributed by atoms with Crippen LogP contribution in [0.3, 0.4) is 0 Å². The molecule has 156 valence electrons. The van der Waals surface area contributed by atoms with E-state index in [1.807, 2.05) is 43.3 Å². The molecule has 0 aliphatic carbocycles. The van der Waals surface area contributed by atoms with E-state index in [0.717, 1.165) is 60.0 Å². The standard InChI is InChI=1S/C24H25N7/c1-17-15-23(30-29-17)28-24-20-9-8-19(31-13-11-25-12-14-31)16-21(20)26-22(27-24)10-7-18-5-3-2-4-6-18/h2-10,15-16,25H,11-14H2,1H3,(H2,26,27,28,29,30)/b10-7+. The summed E-state index contributed by atoms with van der Waals surface area (Å²) in [6.07, 6.45) is 3.98. The van der Waals surface area contributed by atoms with Gasteiger partial charge in [-0.15, -0.1) is 0 Å². The molecular weight excluding hydrogens is 386 g/mol. The van der Waals surface area contributed by atoms with Crippen LogP contribution in [-0.2, 0) is 0 Å². The first-order valence-corrected chi connectivity index (χ1v) is 10.5. The Balaban J connectivity index is 1.55. The van der Waals surface area contributed by atoms with Crippen molar-refractivity contribution in [2.75, 3.05) is 36.4 Å². The van der Waals surface area contributed by atoms with Gasteiger partial charge < -0.3 is 15.5 Å². The number of fused-ring (bicyclic) bond motifs is 1. The van der Waals surface area contributed by atoms with Gasteiger partial charge in [0.2, 0.25) is 0 Å². The minimum absolute atomic E-state index is 0.656. The summed E-state index contributed by atoms with van der Waals surface area (Å²) in [5.74, 6) is 2.14. The molecule has 1 fully saturated rings. The van der Waals surface area contributed by atoms with Gasteiger partial charge in [-0.1, -0.05) is 36.4 Å². The summed E-state index contributed by atoms with van der Waals surface area (Å²) in [5, 5.41) is 15.0. The number of anilines is 3. The minimum Gasteiger partial charge on any atom is -0.369 e. The number of rotatable bonds is 5. The number of nitrogens with one attached hydrogen (secondary N) is 3. The Hall–Kier alpha value is -3.71.